The fourth-order valence-electron chi connectivity index (χ4n) is 2.04. The first-order valence-electron chi connectivity index (χ1n) is 7.10. The topological polar surface area (TPSA) is 59.2 Å². The number of nitrogens with one attached hydrogen (secondary N) is 2. The van der Waals surface area contributed by atoms with Crippen LogP contribution in [0.25, 0.3) is 11.4 Å². The van der Waals surface area contributed by atoms with Crippen LogP contribution in [0, 0.1) is 5.92 Å². The fourth-order valence-corrected chi connectivity index (χ4v) is 2.04. The molecule has 21 heavy (non-hydrogen) atoms. The summed E-state index contributed by atoms with van der Waals surface area (Å²) in [4.78, 5) is 7.75. The van der Waals surface area contributed by atoms with Crippen molar-refractivity contribution in [3.05, 3.63) is 30.1 Å². The van der Waals surface area contributed by atoms with Gasteiger partial charge in [-0.05, 0) is 24.6 Å². The van der Waals surface area contributed by atoms with Crippen LogP contribution in [-0.4, -0.2) is 30.7 Å². The average Bonchev–Trinajstić information content (AvgIpc) is 2.95. The van der Waals surface area contributed by atoms with Gasteiger partial charge in [0.05, 0.1) is 14.2 Å². The number of rotatable bonds is 7. The van der Waals surface area contributed by atoms with E-state index in [1.54, 1.807) is 14.2 Å². The Morgan fingerprint density at radius 1 is 1.14 bits per heavy atom. The number of methoxy groups -OCH3 is 2. The van der Waals surface area contributed by atoms with Crippen LogP contribution >= 0.6 is 0 Å². The molecule has 114 valence electrons. The SMILES string of the molecule is COc1cc(OC)cc(-c2ncc(CNCC(C)C)[nH]2)c1. The third-order valence-electron chi connectivity index (χ3n) is 3.12. The lowest BCUT2D eigenvalue weighted by atomic mass is 10.2. The Morgan fingerprint density at radius 2 is 1.81 bits per heavy atom. The molecule has 1 aromatic heterocycles. The quantitative estimate of drug-likeness (QED) is 0.823. The summed E-state index contributed by atoms with van der Waals surface area (Å²) < 4.78 is 10.6. The zero-order valence-corrected chi connectivity index (χ0v) is 13.1. The second-order valence-corrected chi connectivity index (χ2v) is 5.38. The van der Waals surface area contributed by atoms with Crippen LogP contribution < -0.4 is 14.8 Å². The van der Waals surface area contributed by atoms with Gasteiger partial charge in [0.1, 0.15) is 17.3 Å². The molecule has 0 unspecified atom stereocenters. The predicted molar refractivity (Wildman–Crippen MR) is 83.7 cm³/mol. The van der Waals surface area contributed by atoms with E-state index in [4.69, 9.17) is 9.47 Å². The molecule has 0 saturated carbocycles. The maximum absolute atomic E-state index is 5.28. The molecule has 0 radical (unpaired) electrons. The molecule has 1 aromatic carbocycles. The first kappa shape index (κ1) is 15.4. The number of ether oxygens (including phenoxy) is 2. The normalized spacial score (nSPS) is 10.9. The lowest BCUT2D eigenvalue weighted by Gasteiger charge is -2.07. The molecule has 0 amide bonds. The molecule has 0 aliphatic carbocycles. The fraction of sp³-hybridized carbons (Fsp3) is 0.438. The molecule has 2 rings (SSSR count). The number of hydrogen-bond acceptors (Lipinski definition) is 4. The average molecular weight is 289 g/mol. The van der Waals surface area contributed by atoms with Crippen LogP contribution in [0.2, 0.25) is 0 Å². The molecule has 0 saturated heterocycles. The number of hydrogen-bond donors (Lipinski definition) is 2. The Bertz CT molecular complexity index is 556. The third-order valence-corrected chi connectivity index (χ3v) is 3.12. The van der Waals surface area contributed by atoms with E-state index in [0.29, 0.717) is 5.92 Å². The van der Waals surface area contributed by atoms with Gasteiger partial charge in [0, 0.05) is 30.1 Å². The van der Waals surface area contributed by atoms with Crippen molar-refractivity contribution in [1.82, 2.24) is 15.3 Å². The van der Waals surface area contributed by atoms with Crippen LogP contribution in [0.1, 0.15) is 19.5 Å². The minimum Gasteiger partial charge on any atom is -0.497 e. The standard InChI is InChI=1S/C16H23N3O2/c1-11(2)8-17-9-13-10-18-16(19-13)12-5-14(20-3)7-15(6-12)21-4/h5-7,10-11,17H,8-9H2,1-4H3,(H,18,19). The van der Waals surface area contributed by atoms with E-state index in [0.717, 1.165) is 41.7 Å². The van der Waals surface area contributed by atoms with Gasteiger partial charge in [-0.3, -0.25) is 0 Å². The summed E-state index contributed by atoms with van der Waals surface area (Å²) in [5, 5.41) is 3.39. The summed E-state index contributed by atoms with van der Waals surface area (Å²) >= 11 is 0. The molecule has 2 N–H and O–H groups in total. The molecule has 0 aliphatic rings. The molecule has 0 fully saturated rings. The zero-order chi connectivity index (χ0) is 15.2. The second kappa shape index (κ2) is 7.13. The van der Waals surface area contributed by atoms with E-state index in [2.05, 4.69) is 29.1 Å². The highest BCUT2D eigenvalue weighted by Crippen LogP contribution is 2.28. The maximum Gasteiger partial charge on any atom is 0.137 e. The highest BCUT2D eigenvalue weighted by Gasteiger charge is 2.08. The van der Waals surface area contributed by atoms with Crippen molar-refractivity contribution < 1.29 is 9.47 Å². The van der Waals surface area contributed by atoms with Crippen LogP contribution in [0.5, 0.6) is 11.5 Å². The van der Waals surface area contributed by atoms with E-state index in [-0.39, 0.29) is 0 Å². The zero-order valence-electron chi connectivity index (χ0n) is 13.1. The van der Waals surface area contributed by atoms with Crippen molar-refractivity contribution in [1.29, 1.82) is 0 Å². The van der Waals surface area contributed by atoms with Crippen molar-refractivity contribution >= 4 is 0 Å². The molecule has 1 heterocycles. The van der Waals surface area contributed by atoms with Gasteiger partial charge in [-0.1, -0.05) is 13.8 Å². The highest BCUT2D eigenvalue weighted by atomic mass is 16.5. The molecule has 0 atom stereocenters. The largest absolute Gasteiger partial charge is 0.497 e. The summed E-state index contributed by atoms with van der Waals surface area (Å²) in [5.74, 6) is 2.95. The summed E-state index contributed by atoms with van der Waals surface area (Å²) in [6, 6.07) is 5.72. The number of benzene rings is 1. The van der Waals surface area contributed by atoms with Crippen LogP contribution in [0.15, 0.2) is 24.4 Å². The number of H-pyrrole nitrogens is 1. The monoisotopic (exact) mass is 289 g/mol. The van der Waals surface area contributed by atoms with Crippen molar-refractivity contribution in [2.45, 2.75) is 20.4 Å². The van der Waals surface area contributed by atoms with Crippen molar-refractivity contribution in [3.8, 4) is 22.9 Å². The molecule has 0 bridgehead atoms. The first-order chi connectivity index (χ1) is 10.1. The van der Waals surface area contributed by atoms with E-state index < -0.39 is 0 Å². The summed E-state index contributed by atoms with van der Waals surface area (Å²) in [5.41, 5.74) is 2.01. The Morgan fingerprint density at radius 3 is 2.38 bits per heavy atom. The molecular formula is C16H23N3O2. The molecule has 5 heteroatoms. The van der Waals surface area contributed by atoms with Crippen LogP contribution in [-0.2, 0) is 6.54 Å². The van der Waals surface area contributed by atoms with Gasteiger partial charge in [-0.25, -0.2) is 4.98 Å². The molecule has 5 nitrogen and oxygen atoms in total. The van der Waals surface area contributed by atoms with Gasteiger partial charge in [0.2, 0.25) is 0 Å². The second-order valence-electron chi connectivity index (χ2n) is 5.38. The summed E-state index contributed by atoms with van der Waals surface area (Å²) in [6.45, 7) is 6.15. The minimum absolute atomic E-state index is 0.634. The van der Waals surface area contributed by atoms with Gasteiger partial charge < -0.3 is 19.8 Å². The Balaban J connectivity index is 2.13. The van der Waals surface area contributed by atoms with Gasteiger partial charge in [-0.15, -0.1) is 0 Å². The van der Waals surface area contributed by atoms with Crippen molar-refractivity contribution in [3.63, 3.8) is 0 Å². The number of aromatic nitrogens is 2. The Kier molecular flexibility index (Phi) is 5.22. The van der Waals surface area contributed by atoms with Crippen LogP contribution in [0.4, 0.5) is 0 Å². The van der Waals surface area contributed by atoms with Gasteiger partial charge in [0.25, 0.3) is 0 Å². The van der Waals surface area contributed by atoms with Crippen molar-refractivity contribution in [2.75, 3.05) is 20.8 Å². The summed E-state index contributed by atoms with van der Waals surface area (Å²) in [7, 11) is 3.28. The highest BCUT2D eigenvalue weighted by molar-refractivity contribution is 5.61. The van der Waals surface area contributed by atoms with E-state index >= 15 is 0 Å². The maximum atomic E-state index is 5.28. The lowest BCUT2D eigenvalue weighted by molar-refractivity contribution is 0.394. The van der Waals surface area contributed by atoms with Gasteiger partial charge in [0.15, 0.2) is 0 Å². The Labute approximate surface area is 125 Å². The first-order valence-corrected chi connectivity index (χ1v) is 7.10. The van der Waals surface area contributed by atoms with E-state index in [9.17, 15) is 0 Å². The van der Waals surface area contributed by atoms with Gasteiger partial charge in [-0.2, -0.15) is 0 Å². The smallest absolute Gasteiger partial charge is 0.137 e. The molecular weight excluding hydrogens is 266 g/mol. The lowest BCUT2D eigenvalue weighted by Crippen LogP contribution is -2.19. The summed E-state index contributed by atoms with van der Waals surface area (Å²) in [6.07, 6.45) is 1.86. The van der Waals surface area contributed by atoms with E-state index in [1.807, 2.05) is 24.4 Å². The van der Waals surface area contributed by atoms with E-state index in [1.165, 1.54) is 0 Å². The number of aromatic amines is 1. The number of imidazole rings is 1. The Hall–Kier alpha value is -2.01. The molecule has 0 aliphatic heterocycles. The third kappa shape index (κ3) is 4.23. The van der Waals surface area contributed by atoms with Crippen LogP contribution in [0.3, 0.4) is 0 Å². The number of nitrogens with zero attached hydrogens (tertiary/aromatic N) is 1. The minimum atomic E-state index is 0.634. The predicted octanol–water partition coefficient (Wildman–Crippen LogP) is 2.84. The van der Waals surface area contributed by atoms with Gasteiger partial charge >= 0.3 is 0 Å². The molecule has 0 spiro atoms. The molecule has 2 aromatic rings. The van der Waals surface area contributed by atoms with Crippen molar-refractivity contribution in [2.24, 2.45) is 5.92 Å².